The summed E-state index contributed by atoms with van der Waals surface area (Å²) in [5.41, 5.74) is 1.11. The summed E-state index contributed by atoms with van der Waals surface area (Å²) in [5, 5.41) is 4.84. The van der Waals surface area contributed by atoms with Crippen LogP contribution in [0.15, 0.2) is 41.1 Å². The zero-order valence-electron chi connectivity index (χ0n) is 12.5. The van der Waals surface area contributed by atoms with Crippen LogP contribution in [0.1, 0.15) is 31.2 Å². The van der Waals surface area contributed by atoms with Crippen LogP contribution in [0.2, 0.25) is 0 Å². The molecule has 0 aliphatic carbocycles. The van der Waals surface area contributed by atoms with E-state index in [9.17, 15) is 4.79 Å². The lowest BCUT2D eigenvalue weighted by atomic mass is 10.2. The molecule has 3 aromatic rings. The third kappa shape index (κ3) is 3.00. The molecule has 0 radical (unpaired) electrons. The highest BCUT2D eigenvalue weighted by Crippen LogP contribution is 2.17. The van der Waals surface area contributed by atoms with E-state index in [4.69, 9.17) is 9.26 Å². The molecule has 0 aliphatic heterocycles. The third-order valence-corrected chi connectivity index (χ3v) is 3.44. The summed E-state index contributed by atoms with van der Waals surface area (Å²) in [7, 11) is 0. The number of ether oxygens (including phenoxy) is 1. The monoisotopic (exact) mass is 299 g/mol. The van der Waals surface area contributed by atoms with E-state index in [-0.39, 0.29) is 12.4 Å². The molecule has 2 aromatic heterocycles. The number of hydrogen-bond acceptors (Lipinski definition) is 5. The molecular formula is C16H17N3O3. The van der Waals surface area contributed by atoms with Crippen molar-refractivity contribution in [1.29, 1.82) is 0 Å². The van der Waals surface area contributed by atoms with Crippen LogP contribution in [0.3, 0.4) is 0 Å². The van der Waals surface area contributed by atoms with Gasteiger partial charge in [0.2, 0.25) is 0 Å². The maximum Gasteiger partial charge on any atom is 0.308 e. The molecule has 1 aromatic carbocycles. The minimum absolute atomic E-state index is 0.288. The zero-order valence-corrected chi connectivity index (χ0v) is 12.5. The van der Waals surface area contributed by atoms with Gasteiger partial charge in [-0.1, -0.05) is 23.4 Å². The first-order valence-electron chi connectivity index (χ1n) is 7.17. The number of aryl methyl sites for hydroxylation is 2. The second-order valence-corrected chi connectivity index (χ2v) is 5.13. The van der Waals surface area contributed by atoms with Crippen LogP contribution >= 0.6 is 0 Å². The molecule has 114 valence electrons. The quantitative estimate of drug-likeness (QED) is 0.677. The first-order chi connectivity index (χ1) is 10.6. The minimum atomic E-state index is -0.532. The normalized spacial score (nSPS) is 12.5. The summed E-state index contributed by atoms with van der Waals surface area (Å²) in [6, 6.07) is 10.1. The number of hydrogen-bond donors (Lipinski definition) is 0. The Hall–Kier alpha value is -2.63. The standard InChI is InChI=1S/C16H17N3O3/c1-11(16-17-12(2)18-22-16)21-15(20)8-10-19-9-7-13-5-3-4-6-14(13)19/h3-7,9,11H,8,10H2,1-2H3. The number of rotatable bonds is 5. The molecule has 6 nitrogen and oxygen atoms in total. The third-order valence-electron chi connectivity index (χ3n) is 3.44. The van der Waals surface area contributed by atoms with E-state index in [0.29, 0.717) is 18.3 Å². The molecule has 6 heteroatoms. The SMILES string of the molecule is Cc1noc(C(C)OC(=O)CCn2ccc3ccccc32)n1. The molecule has 1 unspecified atom stereocenters. The fourth-order valence-electron chi connectivity index (χ4n) is 2.33. The Labute approximate surface area is 127 Å². The number of para-hydroxylation sites is 1. The predicted molar refractivity (Wildman–Crippen MR) is 80.1 cm³/mol. The number of carbonyl (C=O) groups excluding carboxylic acids is 1. The van der Waals surface area contributed by atoms with Gasteiger partial charge in [-0.05, 0) is 31.4 Å². The van der Waals surface area contributed by atoms with Crippen molar-refractivity contribution in [2.75, 3.05) is 0 Å². The molecule has 0 amide bonds. The van der Waals surface area contributed by atoms with E-state index in [1.165, 1.54) is 0 Å². The van der Waals surface area contributed by atoms with Crippen LogP contribution < -0.4 is 0 Å². The van der Waals surface area contributed by atoms with Crippen LogP contribution in [-0.4, -0.2) is 20.7 Å². The molecule has 22 heavy (non-hydrogen) atoms. The fourth-order valence-corrected chi connectivity index (χ4v) is 2.33. The van der Waals surface area contributed by atoms with E-state index in [1.807, 2.05) is 41.1 Å². The lowest BCUT2D eigenvalue weighted by Gasteiger charge is -2.10. The summed E-state index contributed by atoms with van der Waals surface area (Å²) >= 11 is 0. The average Bonchev–Trinajstić information content (AvgIpc) is 3.11. The van der Waals surface area contributed by atoms with Gasteiger partial charge in [0.1, 0.15) is 0 Å². The molecule has 0 fully saturated rings. The molecule has 2 heterocycles. The van der Waals surface area contributed by atoms with Gasteiger partial charge >= 0.3 is 5.97 Å². The van der Waals surface area contributed by atoms with Gasteiger partial charge in [0.25, 0.3) is 5.89 Å². The summed E-state index contributed by atoms with van der Waals surface area (Å²) < 4.78 is 12.3. The molecule has 0 N–H and O–H groups in total. The molecule has 3 rings (SSSR count). The molecule has 0 spiro atoms. The summed E-state index contributed by atoms with van der Waals surface area (Å²) in [4.78, 5) is 16.0. The average molecular weight is 299 g/mol. The fraction of sp³-hybridized carbons (Fsp3) is 0.312. The van der Waals surface area contributed by atoms with E-state index < -0.39 is 6.10 Å². The van der Waals surface area contributed by atoms with Crippen LogP contribution in [-0.2, 0) is 16.1 Å². The van der Waals surface area contributed by atoms with Crippen molar-refractivity contribution in [3.05, 3.63) is 48.2 Å². The number of aromatic nitrogens is 3. The van der Waals surface area contributed by atoms with Gasteiger partial charge < -0.3 is 13.8 Å². The Kier molecular flexibility index (Phi) is 3.91. The van der Waals surface area contributed by atoms with Gasteiger partial charge in [-0.15, -0.1) is 0 Å². The summed E-state index contributed by atoms with van der Waals surface area (Å²) in [5.74, 6) is 0.551. The Morgan fingerprint density at radius 1 is 1.36 bits per heavy atom. The van der Waals surface area contributed by atoms with Gasteiger partial charge in [0.15, 0.2) is 11.9 Å². The second-order valence-electron chi connectivity index (χ2n) is 5.13. The first kappa shape index (κ1) is 14.3. The second kappa shape index (κ2) is 6.01. The number of carbonyl (C=O) groups is 1. The van der Waals surface area contributed by atoms with E-state index >= 15 is 0 Å². The number of benzene rings is 1. The van der Waals surface area contributed by atoms with Crippen molar-refractivity contribution in [3.8, 4) is 0 Å². The van der Waals surface area contributed by atoms with Gasteiger partial charge in [-0.25, -0.2) is 0 Å². The van der Waals surface area contributed by atoms with Crippen LogP contribution in [0.5, 0.6) is 0 Å². The van der Waals surface area contributed by atoms with Crippen molar-refractivity contribution < 1.29 is 14.1 Å². The lowest BCUT2D eigenvalue weighted by Crippen LogP contribution is -2.11. The maximum atomic E-state index is 11.9. The van der Waals surface area contributed by atoms with Crippen LogP contribution in [0.25, 0.3) is 10.9 Å². The summed E-state index contributed by atoms with van der Waals surface area (Å²) in [6.45, 7) is 4.01. The first-order valence-corrected chi connectivity index (χ1v) is 7.17. The lowest BCUT2D eigenvalue weighted by molar-refractivity contribution is -0.150. The minimum Gasteiger partial charge on any atom is -0.452 e. The molecular weight excluding hydrogens is 282 g/mol. The van der Waals surface area contributed by atoms with Crippen LogP contribution in [0.4, 0.5) is 0 Å². The van der Waals surface area contributed by atoms with E-state index in [2.05, 4.69) is 10.1 Å². The molecule has 0 bridgehead atoms. The van der Waals surface area contributed by atoms with E-state index in [0.717, 1.165) is 10.9 Å². The van der Waals surface area contributed by atoms with Crippen LogP contribution in [0, 0.1) is 6.92 Å². The van der Waals surface area contributed by atoms with Gasteiger partial charge in [0, 0.05) is 18.3 Å². The molecule has 0 saturated carbocycles. The smallest absolute Gasteiger partial charge is 0.308 e. The van der Waals surface area contributed by atoms with Crippen molar-refractivity contribution in [2.24, 2.45) is 0 Å². The van der Waals surface area contributed by atoms with E-state index in [1.54, 1.807) is 13.8 Å². The number of fused-ring (bicyclic) bond motifs is 1. The maximum absolute atomic E-state index is 11.9. The molecule has 1 atom stereocenters. The Morgan fingerprint density at radius 2 is 2.18 bits per heavy atom. The largest absolute Gasteiger partial charge is 0.452 e. The van der Waals surface area contributed by atoms with Gasteiger partial charge in [0.05, 0.1) is 6.42 Å². The number of esters is 1. The highest BCUT2D eigenvalue weighted by Gasteiger charge is 2.17. The van der Waals surface area contributed by atoms with Gasteiger partial charge in [-0.2, -0.15) is 4.98 Å². The number of nitrogens with zero attached hydrogens (tertiary/aromatic N) is 3. The van der Waals surface area contributed by atoms with Crippen molar-refractivity contribution in [2.45, 2.75) is 32.9 Å². The van der Waals surface area contributed by atoms with Crippen molar-refractivity contribution in [1.82, 2.24) is 14.7 Å². The Bertz CT molecular complexity index is 791. The van der Waals surface area contributed by atoms with Crippen molar-refractivity contribution in [3.63, 3.8) is 0 Å². The topological polar surface area (TPSA) is 70.2 Å². The summed E-state index contributed by atoms with van der Waals surface area (Å²) in [6.07, 6.45) is 1.73. The highest BCUT2D eigenvalue weighted by molar-refractivity contribution is 5.80. The Morgan fingerprint density at radius 3 is 2.95 bits per heavy atom. The zero-order chi connectivity index (χ0) is 15.5. The molecule has 0 saturated heterocycles. The molecule has 0 aliphatic rings. The highest BCUT2D eigenvalue weighted by atomic mass is 16.6. The van der Waals surface area contributed by atoms with Gasteiger partial charge in [-0.3, -0.25) is 4.79 Å². The van der Waals surface area contributed by atoms with Crippen molar-refractivity contribution >= 4 is 16.9 Å². The Balaban J connectivity index is 1.58. The predicted octanol–water partition coefficient (Wildman–Crippen LogP) is 3.03.